The van der Waals surface area contributed by atoms with Crippen molar-refractivity contribution in [1.82, 2.24) is 24.6 Å². The summed E-state index contributed by atoms with van der Waals surface area (Å²) in [5.74, 6) is 0.170. The van der Waals surface area contributed by atoms with Gasteiger partial charge in [0.1, 0.15) is 12.7 Å². The van der Waals surface area contributed by atoms with Crippen LogP contribution in [0.3, 0.4) is 0 Å². The molecule has 0 saturated heterocycles. The van der Waals surface area contributed by atoms with E-state index in [9.17, 15) is 8.42 Å². The summed E-state index contributed by atoms with van der Waals surface area (Å²) >= 11 is 0. The highest BCUT2D eigenvalue weighted by Gasteiger charge is 2.20. The molecule has 9 heteroatoms. The maximum Gasteiger partial charge on any atom is 0.299 e. The molecule has 3 aromatic rings. The first kappa shape index (κ1) is 11.5. The first-order chi connectivity index (χ1) is 9.15. The first-order valence-electron chi connectivity index (χ1n) is 5.25. The number of aromatic nitrogens is 5. The molecule has 8 nitrogen and oxygen atoms in total. The topological polar surface area (TPSA) is 102 Å². The van der Waals surface area contributed by atoms with Crippen LogP contribution in [0.15, 0.2) is 48.1 Å². The van der Waals surface area contributed by atoms with Crippen molar-refractivity contribution >= 4 is 21.5 Å². The minimum atomic E-state index is -3.84. The summed E-state index contributed by atoms with van der Waals surface area (Å²) in [5, 5.41) is 3.46. The Balaban J connectivity index is 2.00. The predicted molar refractivity (Wildman–Crippen MR) is 65.8 cm³/mol. The molecule has 19 heavy (non-hydrogen) atoms. The van der Waals surface area contributed by atoms with Gasteiger partial charge in [-0.3, -0.25) is 4.72 Å². The molecule has 0 bridgehead atoms. The van der Waals surface area contributed by atoms with Crippen LogP contribution < -0.4 is 4.72 Å². The monoisotopic (exact) mass is 276 g/mol. The summed E-state index contributed by atoms with van der Waals surface area (Å²) in [7, 11) is -3.84. The number of benzene rings is 1. The standard InChI is InChI=1S/C10H8N6O2S/c17-19(18,15-8-4-2-1-3-5-8)10-13-9-12-6-11-7-16(9)14-10/h1-7,15H. The fraction of sp³-hybridized carbons (Fsp3) is 0. The number of para-hydroxylation sites is 1. The minimum Gasteiger partial charge on any atom is -0.277 e. The number of hydrogen-bond donors (Lipinski definition) is 1. The van der Waals surface area contributed by atoms with Crippen LogP contribution in [0.2, 0.25) is 0 Å². The van der Waals surface area contributed by atoms with Crippen LogP contribution in [0.1, 0.15) is 0 Å². The molecule has 2 aromatic heterocycles. The van der Waals surface area contributed by atoms with Gasteiger partial charge in [-0.2, -0.15) is 22.9 Å². The number of nitrogens with one attached hydrogen (secondary N) is 1. The number of hydrogen-bond acceptors (Lipinski definition) is 6. The predicted octanol–water partition coefficient (Wildman–Crippen LogP) is 0.320. The Morgan fingerprint density at radius 3 is 2.68 bits per heavy atom. The Labute approximate surface area is 108 Å². The number of nitrogens with zero attached hydrogens (tertiary/aromatic N) is 5. The average molecular weight is 276 g/mol. The SMILES string of the molecule is O=S(=O)(Nc1ccccc1)c1nc2ncncn2n1. The van der Waals surface area contributed by atoms with E-state index in [0.717, 1.165) is 0 Å². The van der Waals surface area contributed by atoms with Gasteiger partial charge < -0.3 is 0 Å². The Morgan fingerprint density at radius 1 is 1.16 bits per heavy atom. The van der Waals surface area contributed by atoms with Crippen molar-refractivity contribution in [3.63, 3.8) is 0 Å². The van der Waals surface area contributed by atoms with Gasteiger partial charge >= 0.3 is 0 Å². The Kier molecular flexibility index (Phi) is 2.60. The van der Waals surface area contributed by atoms with Crippen molar-refractivity contribution in [2.24, 2.45) is 0 Å². The lowest BCUT2D eigenvalue weighted by Crippen LogP contribution is -2.14. The lowest BCUT2D eigenvalue weighted by atomic mass is 10.3. The fourth-order valence-corrected chi connectivity index (χ4v) is 2.40. The second-order valence-electron chi connectivity index (χ2n) is 3.62. The fourth-order valence-electron chi connectivity index (χ4n) is 1.46. The third kappa shape index (κ3) is 2.22. The van der Waals surface area contributed by atoms with Gasteiger partial charge in [0.05, 0.1) is 0 Å². The van der Waals surface area contributed by atoms with Gasteiger partial charge in [-0.15, -0.1) is 5.10 Å². The van der Waals surface area contributed by atoms with Crippen LogP contribution in [0.25, 0.3) is 5.78 Å². The quantitative estimate of drug-likeness (QED) is 0.739. The summed E-state index contributed by atoms with van der Waals surface area (Å²) in [6.45, 7) is 0. The number of rotatable bonds is 3. The Morgan fingerprint density at radius 2 is 1.95 bits per heavy atom. The minimum absolute atomic E-state index is 0.170. The molecule has 0 radical (unpaired) electrons. The molecule has 0 aliphatic carbocycles. The van der Waals surface area contributed by atoms with Crippen molar-refractivity contribution in [3.05, 3.63) is 43.0 Å². The van der Waals surface area contributed by atoms with Crippen LogP contribution in [0.4, 0.5) is 5.69 Å². The summed E-state index contributed by atoms with van der Waals surface area (Å²) in [6.07, 6.45) is 2.60. The van der Waals surface area contributed by atoms with E-state index in [-0.39, 0.29) is 10.9 Å². The molecule has 0 saturated carbocycles. The van der Waals surface area contributed by atoms with E-state index >= 15 is 0 Å². The summed E-state index contributed by atoms with van der Waals surface area (Å²) in [5.41, 5.74) is 0.437. The second-order valence-corrected chi connectivity index (χ2v) is 5.20. The molecular weight excluding hydrogens is 268 g/mol. The summed E-state index contributed by atoms with van der Waals surface area (Å²) < 4.78 is 27.7. The lowest BCUT2D eigenvalue weighted by molar-refractivity contribution is 0.592. The van der Waals surface area contributed by atoms with Gasteiger partial charge in [0.2, 0.25) is 0 Å². The van der Waals surface area contributed by atoms with Crippen LogP contribution in [0.5, 0.6) is 0 Å². The van der Waals surface area contributed by atoms with Gasteiger partial charge in [0, 0.05) is 5.69 Å². The second kappa shape index (κ2) is 4.28. The average Bonchev–Trinajstić information content (AvgIpc) is 2.84. The van der Waals surface area contributed by atoms with Crippen LogP contribution >= 0.6 is 0 Å². The largest absolute Gasteiger partial charge is 0.299 e. The molecule has 0 spiro atoms. The normalized spacial score (nSPS) is 11.6. The molecule has 1 aromatic carbocycles. The molecule has 3 rings (SSSR count). The van der Waals surface area contributed by atoms with E-state index in [1.165, 1.54) is 17.2 Å². The summed E-state index contributed by atoms with van der Waals surface area (Å²) in [4.78, 5) is 11.4. The van der Waals surface area contributed by atoms with Gasteiger partial charge in [-0.25, -0.2) is 4.98 Å². The van der Waals surface area contributed by atoms with E-state index in [4.69, 9.17) is 0 Å². The van der Waals surface area contributed by atoms with Crippen molar-refractivity contribution in [1.29, 1.82) is 0 Å². The zero-order valence-electron chi connectivity index (χ0n) is 9.50. The molecule has 0 amide bonds. The van der Waals surface area contributed by atoms with Crippen LogP contribution in [0, 0.1) is 0 Å². The maximum atomic E-state index is 12.1. The third-order valence-corrected chi connectivity index (χ3v) is 3.43. The maximum absolute atomic E-state index is 12.1. The number of fused-ring (bicyclic) bond motifs is 1. The van der Waals surface area contributed by atoms with E-state index in [1.807, 2.05) is 0 Å². The van der Waals surface area contributed by atoms with Gasteiger partial charge in [0.15, 0.2) is 0 Å². The highest BCUT2D eigenvalue weighted by atomic mass is 32.2. The molecule has 0 aliphatic heterocycles. The van der Waals surface area contributed by atoms with Crippen molar-refractivity contribution < 1.29 is 8.42 Å². The Hall–Kier alpha value is -2.55. The van der Waals surface area contributed by atoms with Crippen molar-refractivity contribution in [3.8, 4) is 0 Å². The smallest absolute Gasteiger partial charge is 0.277 e. The molecule has 0 atom stereocenters. The van der Waals surface area contributed by atoms with Crippen molar-refractivity contribution in [2.45, 2.75) is 5.16 Å². The number of sulfonamides is 1. The first-order valence-corrected chi connectivity index (χ1v) is 6.74. The molecule has 0 fully saturated rings. The molecule has 2 heterocycles. The third-order valence-electron chi connectivity index (χ3n) is 2.28. The van der Waals surface area contributed by atoms with E-state index in [2.05, 4.69) is 24.8 Å². The summed E-state index contributed by atoms with van der Waals surface area (Å²) in [6, 6.07) is 8.50. The molecular formula is C10H8N6O2S. The molecule has 0 aliphatic rings. The van der Waals surface area contributed by atoms with E-state index in [1.54, 1.807) is 30.3 Å². The highest BCUT2D eigenvalue weighted by molar-refractivity contribution is 7.92. The van der Waals surface area contributed by atoms with E-state index in [0.29, 0.717) is 5.69 Å². The molecule has 96 valence electrons. The zero-order chi connectivity index (χ0) is 13.3. The van der Waals surface area contributed by atoms with Gasteiger partial charge in [-0.1, -0.05) is 18.2 Å². The van der Waals surface area contributed by atoms with Crippen LogP contribution in [-0.4, -0.2) is 33.0 Å². The zero-order valence-corrected chi connectivity index (χ0v) is 10.3. The highest BCUT2D eigenvalue weighted by Crippen LogP contribution is 2.12. The lowest BCUT2D eigenvalue weighted by Gasteiger charge is -2.03. The van der Waals surface area contributed by atoms with Crippen molar-refractivity contribution in [2.75, 3.05) is 4.72 Å². The number of anilines is 1. The van der Waals surface area contributed by atoms with E-state index < -0.39 is 10.0 Å². The Bertz CT molecular complexity index is 781. The molecule has 0 unspecified atom stereocenters. The van der Waals surface area contributed by atoms with Crippen LogP contribution in [-0.2, 0) is 10.0 Å². The molecule has 1 N–H and O–H groups in total. The van der Waals surface area contributed by atoms with Gasteiger partial charge in [-0.05, 0) is 12.1 Å². The van der Waals surface area contributed by atoms with Gasteiger partial charge in [0.25, 0.3) is 21.0 Å².